The molecule has 1 aromatic heterocycles. The first kappa shape index (κ1) is 32.4. The van der Waals surface area contributed by atoms with E-state index in [2.05, 4.69) is 31.3 Å². The zero-order valence-corrected chi connectivity index (χ0v) is 23.1. The largest absolute Gasteiger partial charge is 3.00 e. The van der Waals surface area contributed by atoms with E-state index in [1.54, 1.807) is 0 Å². The molecule has 2 saturated heterocycles. The number of hydrazine groups is 2. The number of halogens is 3. The van der Waals surface area contributed by atoms with Crippen LogP contribution in [0, 0.1) is 40.8 Å². The summed E-state index contributed by atoms with van der Waals surface area (Å²) in [4.78, 5) is 4.72. The van der Waals surface area contributed by atoms with E-state index in [-0.39, 0.29) is 78.1 Å². The first-order valence-electron chi connectivity index (χ1n) is 9.80. The van der Waals surface area contributed by atoms with Crippen molar-refractivity contribution in [1.29, 1.82) is 0 Å². The van der Waals surface area contributed by atoms with E-state index in [4.69, 9.17) is 4.98 Å². The molecule has 0 saturated carbocycles. The van der Waals surface area contributed by atoms with E-state index in [1.165, 1.54) is 38.5 Å². The molecule has 2 N–H and O–H groups in total. The van der Waals surface area contributed by atoms with E-state index in [1.807, 2.05) is 32.0 Å². The van der Waals surface area contributed by atoms with Crippen molar-refractivity contribution in [3.8, 4) is 0 Å². The van der Waals surface area contributed by atoms with Crippen molar-refractivity contribution in [1.82, 2.24) is 26.1 Å². The number of rotatable bonds is 6. The van der Waals surface area contributed by atoms with Gasteiger partial charge < -0.3 is 37.2 Å². The summed E-state index contributed by atoms with van der Waals surface area (Å²) < 4.78 is 0. The summed E-state index contributed by atoms with van der Waals surface area (Å²) in [5.41, 5.74) is 9.85. The Bertz CT molecular complexity index is 598. The minimum absolute atomic E-state index is 0. The van der Waals surface area contributed by atoms with Crippen LogP contribution in [0.2, 0.25) is 0 Å². The molecule has 2 aliphatic heterocycles. The second-order valence-corrected chi connectivity index (χ2v) is 7.10. The molecule has 0 unspecified atom stereocenters. The van der Waals surface area contributed by atoms with Crippen molar-refractivity contribution in [2.75, 3.05) is 26.2 Å². The van der Waals surface area contributed by atoms with E-state index in [0.29, 0.717) is 0 Å². The maximum Gasteiger partial charge on any atom is 3.00 e. The fourth-order valence-electron chi connectivity index (χ4n) is 3.23. The molecule has 1 aromatic rings. The van der Waals surface area contributed by atoms with Gasteiger partial charge in [0, 0.05) is 26.2 Å². The van der Waals surface area contributed by atoms with Gasteiger partial charge in [-0.2, -0.15) is 10.2 Å². The second-order valence-electron chi connectivity index (χ2n) is 7.10. The maximum absolute atomic E-state index is 4.72. The van der Waals surface area contributed by atoms with Gasteiger partial charge in [-0.25, -0.2) is 26.1 Å². The standard InChI is InChI=1S/C19H31N7.3ClH.Nd/c1-16(21-23-25-12-5-3-6-13-25)18-10-9-11-19(20-18)17(2)22-24-26-14-7-4-8-15-26;;;;/h9-11,23-24H,3-8,12-15H2,1-2H3;3*1H;/q;;;;+3/p-3. The maximum atomic E-state index is 4.72. The van der Waals surface area contributed by atoms with Crippen LogP contribution in [-0.4, -0.2) is 52.6 Å². The van der Waals surface area contributed by atoms with Gasteiger partial charge in [0.05, 0.1) is 22.8 Å². The van der Waals surface area contributed by atoms with Crippen molar-refractivity contribution < 1.29 is 78.1 Å². The Morgan fingerprint density at radius 3 is 1.47 bits per heavy atom. The fraction of sp³-hybridized carbons (Fsp3) is 0.632. The SMILES string of the molecule is CC(=NNN1CCCCC1)c1cccc(C(C)=NNN2CCCCC2)n1.[Cl-].[Cl-].[Cl-].[Nd+3]. The Kier molecular flexibility index (Phi) is 19.2. The van der Waals surface area contributed by atoms with Gasteiger partial charge in [-0.05, 0) is 51.7 Å². The van der Waals surface area contributed by atoms with Crippen LogP contribution in [0.15, 0.2) is 28.4 Å². The fourth-order valence-corrected chi connectivity index (χ4v) is 3.23. The van der Waals surface area contributed by atoms with Crippen LogP contribution in [0.4, 0.5) is 0 Å². The topological polar surface area (TPSA) is 68.2 Å². The normalized spacial score (nSPS) is 18.1. The molecule has 1 radical (unpaired) electrons. The van der Waals surface area contributed by atoms with Crippen LogP contribution in [-0.2, 0) is 0 Å². The van der Waals surface area contributed by atoms with Crippen molar-refractivity contribution >= 4 is 11.4 Å². The number of piperidine rings is 2. The van der Waals surface area contributed by atoms with Gasteiger partial charge in [-0.15, -0.1) is 0 Å². The van der Waals surface area contributed by atoms with Gasteiger partial charge >= 0.3 is 40.8 Å². The molecule has 167 valence electrons. The summed E-state index contributed by atoms with van der Waals surface area (Å²) in [6, 6.07) is 5.99. The average molecular weight is 608 g/mol. The molecule has 0 aliphatic carbocycles. The molecule has 11 heteroatoms. The molecule has 0 amide bonds. The molecule has 0 atom stereocenters. The third kappa shape index (κ3) is 10.7. The molecular weight excluding hydrogens is 577 g/mol. The van der Waals surface area contributed by atoms with Gasteiger partial charge in [0.15, 0.2) is 0 Å². The summed E-state index contributed by atoms with van der Waals surface area (Å²) >= 11 is 0. The molecule has 2 aliphatic rings. The van der Waals surface area contributed by atoms with E-state index >= 15 is 0 Å². The Hall–Kier alpha value is 0.231. The molecule has 0 bridgehead atoms. The van der Waals surface area contributed by atoms with Crippen LogP contribution < -0.4 is 48.3 Å². The van der Waals surface area contributed by atoms with Crippen molar-refractivity contribution in [2.24, 2.45) is 10.2 Å². The van der Waals surface area contributed by atoms with E-state index in [9.17, 15) is 0 Å². The third-order valence-corrected chi connectivity index (χ3v) is 4.92. The quantitative estimate of drug-likeness (QED) is 0.249. The van der Waals surface area contributed by atoms with Crippen LogP contribution in [0.1, 0.15) is 63.8 Å². The monoisotopic (exact) mass is 604 g/mol. The number of nitrogens with zero attached hydrogens (tertiary/aromatic N) is 5. The van der Waals surface area contributed by atoms with Crippen molar-refractivity contribution in [3.05, 3.63) is 29.6 Å². The van der Waals surface area contributed by atoms with E-state index in [0.717, 1.165) is 49.0 Å². The van der Waals surface area contributed by atoms with Crippen LogP contribution in [0.25, 0.3) is 0 Å². The Morgan fingerprint density at radius 2 is 1.10 bits per heavy atom. The van der Waals surface area contributed by atoms with Crippen molar-refractivity contribution in [2.45, 2.75) is 52.4 Å². The molecule has 30 heavy (non-hydrogen) atoms. The summed E-state index contributed by atoms with van der Waals surface area (Å²) in [6.07, 6.45) is 7.55. The molecule has 0 aromatic carbocycles. The van der Waals surface area contributed by atoms with E-state index < -0.39 is 0 Å². The second kappa shape index (κ2) is 17.7. The first-order valence-corrected chi connectivity index (χ1v) is 9.80. The zero-order chi connectivity index (χ0) is 18.2. The number of hydrogen-bond donors (Lipinski definition) is 2. The summed E-state index contributed by atoms with van der Waals surface area (Å²) in [5, 5.41) is 13.4. The van der Waals surface area contributed by atoms with Gasteiger partial charge in [0.2, 0.25) is 0 Å². The molecular formula is C19H31Cl3N7Nd. The molecule has 0 spiro atoms. The number of aromatic nitrogens is 1. The predicted octanol–water partition coefficient (Wildman–Crippen LogP) is -6.48. The molecule has 2 fully saturated rings. The summed E-state index contributed by atoms with van der Waals surface area (Å²) in [7, 11) is 0. The predicted molar refractivity (Wildman–Crippen MR) is 106 cm³/mol. The van der Waals surface area contributed by atoms with Crippen LogP contribution in [0.5, 0.6) is 0 Å². The minimum Gasteiger partial charge on any atom is -1.00 e. The third-order valence-electron chi connectivity index (χ3n) is 4.92. The zero-order valence-electron chi connectivity index (χ0n) is 17.7. The summed E-state index contributed by atoms with van der Waals surface area (Å²) in [5.74, 6) is 0. The molecule has 3 rings (SSSR count). The summed E-state index contributed by atoms with van der Waals surface area (Å²) in [6.45, 7) is 8.19. The number of nitrogens with one attached hydrogen (secondary N) is 2. The van der Waals surface area contributed by atoms with Gasteiger partial charge in [-0.1, -0.05) is 18.9 Å². The average Bonchev–Trinajstić information content (AvgIpc) is 2.72. The first-order chi connectivity index (χ1) is 12.7. The van der Waals surface area contributed by atoms with Gasteiger partial charge in [-0.3, -0.25) is 0 Å². The Balaban J connectivity index is 0. The smallest absolute Gasteiger partial charge is 1.00 e. The molecule has 7 nitrogen and oxygen atoms in total. The van der Waals surface area contributed by atoms with Gasteiger partial charge in [0.1, 0.15) is 0 Å². The molecule has 3 heterocycles. The number of hydrazone groups is 2. The van der Waals surface area contributed by atoms with Crippen LogP contribution in [0.3, 0.4) is 0 Å². The minimum atomic E-state index is 0. The van der Waals surface area contributed by atoms with Crippen molar-refractivity contribution in [3.63, 3.8) is 0 Å². The Labute approximate surface area is 232 Å². The van der Waals surface area contributed by atoms with Gasteiger partial charge in [0.25, 0.3) is 0 Å². The number of hydrogen-bond acceptors (Lipinski definition) is 7. The Morgan fingerprint density at radius 1 is 0.733 bits per heavy atom. The number of pyridine rings is 1. The van der Waals surface area contributed by atoms with Crippen LogP contribution >= 0.6 is 0 Å².